The highest BCUT2D eigenvalue weighted by Crippen LogP contribution is 2.07. The standard InChI is InChI=1S/C15H23N3O3/c1-3-8-13(14(16)19)18(4-2)15(20)17-21-11-12-9-6-5-7-10-12/h5-7,9-10,13H,3-4,8,11H2,1-2H3,(H2,16,19)(H,17,20)/t13-/m0/s1. The van der Waals surface area contributed by atoms with E-state index in [0.29, 0.717) is 13.0 Å². The molecule has 0 fully saturated rings. The Morgan fingerprint density at radius 2 is 1.95 bits per heavy atom. The molecule has 0 aliphatic heterocycles. The molecule has 1 aromatic carbocycles. The first-order valence-electron chi connectivity index (χ1n) is 7.11. The lowest BCUT2D eigenvalue weighted by Crippen LogP contribution is -2.51. The van der Waals surface area contributed by atoms with Crippen molar-refractivity contribution < 1.29 is 14.4 Å². The zero-order chi connectivity index (χ0) is 15.7. The Morgan fingerprint density at radius 3 is 2.48 bits per heavy atom. The Morgan fingerprint density at radius 1 is 1.29 bits per heavy atom. The topological polar surface area (TPSA) is 84.7 Å². The Kier molecular flexibility index (Phi) is 7.25. The highest BCUT2D eigenvalue weighted by molar-refractivity contribution is 5.85. The van der Waals surface area contributed by atoms with Crippen LogP contribution in [0.5, 0.6) is 0 Å². The van der Waals surface area contributed by atoms with Crippen molar-refractivity contribution in [3.63, 3.8) is 0 Å². The summed E-state index contributed by atoms with van der Waals surface area (Å²) in [6.07, 6.45) is 1.30. The predicted octanol–water partition coefficient (Wildman–Crippen LogP) is 1.80. The van der Waals surface area contributed by atoms with Crippen LogP contribution >= 0.6 is 0 Å². The Balaban J connectivity index is 2.52. The van der Waals surface area contributed by atoms with Gasteiger partial charge >= 0.3 is 6.03 Å². The number of nitrogens with one attached hydrogen (secondary N) is 1. The van der Waals surface area contributed by atoms with Crippen molar-refractivity contribution in [3.8, 4) is 0 Å². The minimum absolute atomic E-state index is 0.263. The van der Waals surface area contributed by atoms with Gasteiger partial charge in [-0.1, -0.05) is 43.7 Å². The van der Waals surface area contributed by atoms with Crippen LogP contribution in [0.3, 0.4) is 0 Å². The van der Waals surface area contributed by atoms with Crippen LogP contribution in [0.2, 0.25) is 0 Å². The second kappa shape index (κ2) is 8.97. The third kappa shape index (κ3) is 5.43. The van der Waals surface area contributed by atoms with Gasteiger partial charge in [-0.15, -0.1) is 0 Å². The van der Waals surface area contributed by atoms with Crippen LogP contribution in [-0.4, -0.2) is 29.4 Å². The van der Waals surface area contributed by atoms with Crippen molar-refractivity contribution in [2.24, 2.45) is 5.73 Å². The van der Waals surface area contributed by atoms with E-state index < -0.39 is 18.0 Å². The lowest BCUT2D eigenvalue weighted by Gasteiger charge is -2.28. The number of primary amides is 1. The molecule has 0 saturated carbocycles. The third-order valence-corrected chi connectivity index (χ3v) is 3.11. The first-order valence-corrected chi connectivity index (χ1v) is 7.11. The molecule has 0 saturated heterocycles. The number of hydrogen-bond donors (Lipinski definition) is 2. The zero-order valence-corrected chi connectivity index (χ0v) is 12.5. The van der Waals surface area contributed by atoms with Gasteiger partial charge in [-0.2, -0.15) is 0 Å². The van der Waals surface area contributed by atoms with E-state index in [9.17, 15) is 9.59 Å². The van der Waals surface area contributed by atoms with E-state index in [0.717, 1.165) is 12.0 Å². The Bertz CT molecular complexity index is 451. The molecule has 116 valence electrons. The Hall–Kier alpha value is -2.08. The molecular formula is C15H23N3O3. The molecule has 0 aliphatic rings. The lowest BCUT2D eigenvalue weighted by molar-refractivity contribution is -0.122. The van der Waals surface area contributed by atoms with Gasteiger partial charge in [0.25, 0.3) is 0 Å². The average Bonchev–Trinajstić information content (AvgIpc) is 2.48. The summed E-state index contributed by atoms with van der Waals surface area (Å²) >= 11 is 0. The van der Waals surface area contributed by atoms with Gasteiger partial charge in [-0.05, 0) is 18.9 Å². The smallest absolute Gasteiger partial charge is 0.341 e. The second-order valence-electron chi connectivity index (χ2n) is 4.67. The number of rotatable bonds is 8. The van der Waals surface area contributed by atoms with Crippen LogP contribution in [0.1, 0.15) is 32.3 Å². The van der Waals surface area contributed by atoms with Crippen molar-refractivity contribution in [2.75, 3.05) is 6.54 Å². The number of benzene rings is 1. The summed E-state index contributed by atoms with van der Waals surface area (Å²) in [5.41, 5.74) is 8.66. The number of carbonyl (C=O) groups is 2. The number of nitrogens with two attached hydrogens (primary N) is 1. The minimum Gasteiger partial charge on any atom is -0.368 e. The largest absolute Gasteiger partial charge is 0.368 e. The van der Waals surface area contributed by atoms with Crippen molar-refractivity contribution in [1.29, 1.82) is 0 Å². The number of urea groups is 1. The van der Waals surface area contributed by atoms with Crippen molar-refractivity contribution in [1.82, 2.24) is 10.4 Å². The number of carbonyl (C=O) groups excluding carboxylic acids is 2. The summed E-state index contributed by atoms with van der Waals surface area (Å²) in [6, 6.07) is 8.42. The van der Waals surface area contributed by atoms with Crippen LogP contribution in [0.25, 0.3) is 0 Å². The molecule has 0 radical (unpaired) electrons. The molecule has 0 aliphatic carbocycles. The van der Waals surface area contributed by atoms with Gasteiger partial charge < -0.3 is 10.6 Å². The molecule has 3 N–H and O–H groups in total. The van der Waals surface area contributed by atoms with Crippen LogP contribution < -0.4 is 11.2 Å². The number of hydroxylamine groups is 1. The van der Waals surface area contributed by atoms with Crippen LogP contribution in [-0.2, 0) is 16.2 Å². The van der Waals surface area contributed by atoms with E-state index in [4.69, 9.17) is 10.6 Å². The van der Waals surface area contributed by atoms with Crippen molar-refractivity contribution >= 4 is 11.9 Å². The molecule has 3 amide bonds. The molecule has 6 nitrogen and oxygen atoms in total. The fraction of sp³-hybridized carbons (Fsp3) is 0.467. The maximum absolute atomic E-state index is 12.1. The number of amides is 3. The normalized spacial score (nSPS) is 11.7. The molecule has 0 bridgehead atoms. The van der Waals surface area contributed by atoms with Gasteiger partial charge in [0.05, 0.1) is 6.61 Å². The van der Waals surface area contributed by atoms with Crippen LogP contribution in [0, 0.1) is 0 Å². The Labute approximate surface area is 125 Å². The fourth-order valence-electron chi connectivity index (χ4n) is 2.04. The molecular weight excluding hydrogens is 270 g/mol. The zero-order valence-electron chi connectivity index (χ0n) is 12.5. The minimum atomic E-state index is -0.611. The fourth-order valence-corrected chi connectivity index (χ4v) is 2.04. The summed E-state index contributed by atoms with van der Waals surface area (Å²) in [5.74, 6) is -0.503. The van der Waals surface area contributed by atoms with Gasteiger partial charge in [-0.25, -0.2) is 10.3 Å². The van der Waals surface area contributed by atoms with Gasteiger partial charge in [0.1, 0.15) is 6.04 Å². The second-order valence-corrected chi connectivity index (χ2v) is 4.67. The molecule has 0 heterocycles. The molecule has 1 atom stereocenters. The van der Waals surface area contributed by atoms with Gasteiger partial charge in [0, 0.05) is 6.54 Å². The van der Waals surface area contributed by atoms with Gasteiger partial charge in [-0.3, -0.25) is 9.63 Å². The quantitative estimate of drug-likeness (QED) is 0.717. The molecule has 0 unspecified atom stereocenters. The SMILES string of the molecule is CCC[C@@H](C(N)=O)N(CC)C(=O)NOCc1ccccc1. The molecule has 1 rings (SSSR count). The summed E-state index contributed by atoms with van der Waals surface area (Å²) in [5, 5.41) is 0. The van der Waals surface area contributed by atoms with Crippen LogP contribution in [0.4, 0.5) is 4.79 Å². The molecule has 6 heteroatoms. The summed E-state index contributed by atoms with van der Waals surface area (Å²) in [4.78, 5) is 30.1. The lowest BCUT2D eigenvalue weighted by atomic mass is 10.1. The number of likely N-dealkylation sites (N-methyl/N-ethyl adjacent to an activating group) is 1. The highest BCUT2D eigenvalue weighted by atomic mass is 16.7. The van der Waals surface area contributed by atoms with Crippen molar-refractivity contribution in [3.05, 3.63) is 35.9 Å². The van der Waals surface area contributed by atoms with E-state index in [1.54, 1.807) is 6.92 Å². The van der Waals surface area contributed by atoms with Gasteiger partial charge in [0.2, 0.25) is 5.91 Å². The number of nitrogens with zero attached hydrogens (tertiary/aromatic N) is 1. The van der Waals surface area contributed by atoms with Crippen molar-refractivity contribution in [2.45, 2.75) is 39.3 Å². The summed E-state index contributed by atoms with van der Waals surface area (Å²) < 4.78 is 0. The molecule has 0 aromatic heterocycles. The highest BCUT2D eigenvalue weighted by Gasteiger charge is 2.26. The monoisotopic (exact) mass is 293 g/mol. The summed E-state index contributed by atoms with van der Waals surface area (Å²) in [7, 11) is 0. The first kappa shape index (κ1) is 17.0. The average molecular weight is 293 g/mol. The first-order chi connectivity index (χ1) is 10.1. The van der Waals surface area contributed by atoms with E-state index in [1.807, 2.05) is 37.3 Å². The molecule has 21 heavy (non-hydrogen) atoms. The maximum Gasteiger partial charge on any atom is 0.341 e. The predicted molar refractivity (Wildman–Crippen MR) is 80.0 cm³/mol. The third-order valence-electron chi connectivity index (χ3n) is 3.11. The van der Waals surface area contributed by atoms with E-state index in [-0.39, 0.29) is 6.61 Å². The van der Waals surface area contributed by atoms with Gasteiger partial charge in [0.15, 0.2) is 0 Å². The summed E-state index contributed by atoms with van der Waals surface area (Å²) in [6.45, 7) is 4.38. The van der Waals surface area contributed by atoms with E-state index in [2.05, 4.69) is 5.48 Å². The van der Waals surface area contributed by atoms with E-state index in [1.165, 1.54) is 4.90 Å². The van der Waals surface area contributed by atoms with Crippen LogP contribution in [0.15, 0.2) is 30.3 Å². The maximum atomic E-state index is 12.1. The van der Waals surface area contributed by atoms with E-state index >= 15 is 0 Å². The molecule has 1 aromatic rings. The molecule has 0 spiro atoms. The number of hydrogen-bond acceptors (Lipinski definition) is 3.